The van der Waals surface area contributed by atoms with E-state index in [1.807, 2.05) is 0 Å². The van der Waals surface area contributed by atoms with Crippen molar-refractivity contribution in [3.8, 4) is 0 Å². The maximum Gasteiger partial charge on any atom is 0.328 e. The SMILES string of the molecule is Cc1cn(CCCC(=O)O)c(=O)[nH]c1=O. The Hall–Kier alpha value is -1.85. The van der Waals surface area contributed by atoms with E-state index in [1.54, 1.807) is 6.92 Å². The number of H-pyrrole nitrogens is 1. The highest BCUT2D eigenvalue weighted by Crippen LogP contribution is 1.93. The summed E-state index contributed by atoms with van der Waals surface area (Å²) < 4.78 is 1.31. The van der Waals surface area contributed by atoms with Crippen molar-refractivity contribution in [1.29, 1.82) is 0 Å². The van der Waals surface area contributed by atoms with Crippen molar-refractivity contribution in [1.82, 2.24) is 9.55 Å². The van der Waals surface area contributed by atoms with Gasteiger partial charge in [-0.25, -0.2) is 4.79 Å². The van der Waals surface area contributed by atoms with Crippen molar-refractivity contribution >= 4 is 5.97 Å². The first-order chi connectivity index (χ1) is 7.00. The lowest BCUT2D eigenvalue weighted by atomic mass is 10.3. The zero-order valence-corrected chi connectivity index (χ0v) is 8.32. The minimum atomic E-state index is -0.899. The monoisotopic (exact) mass is 212 g/mol. The molecule has 15 heavy (non-hydrogen) atoms. The van der Waals surface area contributed by atoms with Crippen LogP contribution in [-0.4, -0.2) is 20.6 Å². The van der Waals surface area contributed by atoms with Crippen LogP contribution in [0.3, 0.4) is 0 Å². The summed E-state index contributed by atoms with van der Waals surface area (Å²) in [6.07, 6.45) is 1.80. The average Bonchev–Trinajstić information content (AvgIpc) is 2.13. The molecular weight excluding hydrogens is 200 g/mol. The summed E-state index contributed by atoms with van der Waals surface area (Å²) in [6, 6.07) is 0. The minimum absolute atomic E-state index is 0.00458. The molecule has 6 heteroatoms. The number of aryl methyl sites for hydroxylation is 2. The largest absolute Gasteiger partial charge is 0.481 e. The quantitative estimate of drug-likeness (QED) is 0.717. The third-order valence-electron chi connectivity index (χ3n) is 1.98. The molecule has 0 radical (unpaired) electrons. The number of aromatic nitrogens is 2. The summed E-state index contributed by atoms with van der Waals surface area (Å²) in [7, 11) is 0. The normalized spacial score (nSPS) is 10.2. The lowest BCUT2D eigenvalue weighted by molar-refractivity contribution is -0.137. The number of hydrogen-bond donors (Lipinski definition) is 2. The molecule has 1 aromatic rings. The number of nitrogens with zero attached hydrogens (tertiary/aromatic N) is 1. The molecule has 1 aromatic heterocycles. The van der Waals surface area contributed by atoms with Gasteiger partial charge in [-0.1, -0.05) is 0 Å². The number of aromatic amines is 1. The third kappa shape index (κ3) is 3.08. The Morgan fingerprint density at radius 2 is 2.20 bits per heavy atom. The number of carboxylic acids is 1. The maximum absolute atomic E-state index is 11.2. The van der Waals surface area contributed by atoms with Gasteiger partial charge >= 0.3 is 11.7 Å². The van der Waals surface area contributed by atoms with Crippen LogP contribution in [0.15, 0.2) is 15.8 Å². The number of carboxylic acid groups (broad SMARTS) is 1. The maximum atomic E-state index is 11.2. The molecule has 0 spiro atoms. The zero-order valence-electron chi connectivity index (χ0n) is 8.32. The summed E-state index contributed by atoms with van der Waals surface area (Å²) in [4.78, 5) is 34.6. The number of hydrogen-bond acceptors (Lipinski definition) is 3. The molecule has 82 valence electrons. The second-order valence-corrected chi connectivity index (χ2v) is 3.26. The number of aliphatic carboxylic acids is 1. The molecule has 0 saturated carbocycles. The van der Waals surface area contributed by atoms with E-state index in [4.69, 9.17) is 5.11 Å². The van der Waals surface area contributed by atoms with Crippen LogP contribution in [0, 0.1) is 6.92 Å². The molecule has 0 fully saturated rings. The summed E-state index contributed by atoms with van der Waals surface area (Å²) in [5, 5.41) is 8.41. The first kappa shape index (κ1) is 11.2. The first-order valence-corrected chi connectivity index (χ1v) is 4.53. The van der Waals surface area contributed by atoms with Gasteiger partial charge in [-0.05, 0) is 13.3 Å². The highest BCUT2D eigenvalue weighted by atomic mass is 16.4. The Bertz CT molecular complexity index is 472. The van der Waals surface area contributed by atoms with Crippen molar-refractivity contribution in [2.24, 2.45) is 0 Å². The fourth-order valence-corrected chi connectivity index (χ4v) is 1.19. The van der Waals surface area contributed by atoms with Crippen LogP contribution < -0.4 is 11.2 Å². The van der Waals surface area contributed by atoms with Crippen LogP contribution in [0.25, 0.3) is 0 Å². The van der Waals surface area contributed by atoms with E-state index in [1.165, 1.54) is 10.8 Å². The predicted octanol–water partition coefficient (Wildman–Crippen LogP) is -0.290. The third-order valence-corrected chi connectivity index (χ3v) is 1.98. The number of carbonyl (C=O) groups is 1. The molecular formula is C9H12N2O4. The molecule has 0 atom stereocenters. The van der Waals surface area contributed by atoms with Crippen LogP contribution in [0.1, 0.15) is 18.4 Å². The zero-order chi connectivity index (χ0) is 11.4. The van der Waals surface area contributed by atoms with E-state index < -0.39 is 17.2 Å². The van der Waals surface area contributed by atoms with Crippen molar-refractivity contribution in [3.05, 3.63) is 32.6 Å². The lowest BCUT2D eigenvalue weighted by Crippen LogP contribution is -2.30. The Labute approximate surface area is 85.2 Å². The highest BCUT2D eigenvalue weighted by molar-refractivity contribution is 5.66. The van der Waals surface area contributed by atoms with Crippen LogP contribution in [0.5, 0.6) is 0 Å². The van der Waals surface area contributed by atoms with Crippen molar-refractivity contribution in [2.75, 3.05) is 0 Å². The van der Waals surface area contributed by atoms with E-state index >= 15 is 0 Å². The van der Waals surface area contributed by atoms with Crippen LogP contribution in [0.4, 0.5) is 0 Å². The summed E-state index contributed by atoms with van der Waals surface area (Å²) in [6.45, 7) is 1.88. The minimum Gasteiger partial charge on any atom is -0.481 e. The predicted molar refractivity (Wildman–Crippen MR) is 52.9 cm³/mol. The van der Waals surface area contributed by atoms with Gasteiger partial charge in [0.1, 0.15) is 0 Å². The van der Waals surface area contributed by atoms with Gasteiger partial charge in [0.25, 0.3) is 5.56 Å². The van der Waals surface area contributed by atoms with Crippen molar-refractivity contribution < 1.29 is 9.90 Å². The highest BCUT2D eigenvalue weighted by Gasteiger charge is 2.02. The van der Waals surface area contributed by atoms with Crippen molar-refractivity contribution in [2.45, 2.75) is 26.3 Å². The fraction of sp³-hybridized carbons (Fsp3) is 0.444. The van der Waals surface area contributed by atoms with E-state index in [-0.39, 0.29) is 6.42 Å². The molecule has 0 bridgehead atoms. The molecule has 0 aliphatic rings. The summed E-state index contributed by atoms with van der Waals surface area (Å²) in [5.41, 5.74) is -0.476. The van der Waals surface area contributed by atoms with Crippen molar-refractivity contribution in [3.63, 3.8) is 0 Å². The van der Waals surface area contributed by atoms with Gasteiger partial charge in [0.15, 0.2) is 0 Å². The van der Waals surface area contributed by atoms with Crippen LogP contribution >= 0.6 is 0 Å². The van der Waals surface area contributed by atoms with Gasteiger partial charge in [0, 0.05) is 24.7 Å². The Morgan fingerprint density at radius 1 is 1.53 bits per heavy atom. The van der Waals surface area contributed by atoms with Gasteiger partial charge in [0.2, 0.25) is 0 Å². The van der Waals surface area contributed by atoms with E-state index in [2.05, 4.69) is 4.98 Å². The number of rotatable bonds is 4. The molecule has 0 aliphatic heterocycles. The Kier molecular flexibility index (Phi) is 3.43. The average molecular weight is 212 g/mol. The molecule has 0 aliphatic carbocycles. The second-order valence-electron chi connectivity index (χ2n) is 3.26. The van der Waals surface area contributed by atoms with Gasteiger partial charge in [0.05, 0.1) is 0 Å². The topological polar surface area (TPSA) is 92.2 Å². The van der Waals surface area contributed by atoms with Gasteiger partial charge in [-0.15, -0.1) is 0 Å². The molecule has 1 heterocycles. The fourth-order valence-electron chi connectivity index (χ4n) is 1.19. The molecule has 0 saturated heterocycles. The molecule has 2 N–H and O–H groups in total. The Balaban J connectivity index is 2.78. The Morgan fingerprint density at radius 3 is 2.80 bits per heavy atom. The van der Waals surface area contributed by atoms with Crippen LogP contribution in [0.2, 0.25) is 0 Å². The van der Waals surface area contributed by atoms with Gasteiger partial charge in [-0.2, -0.15) is 0 Å². The summed E-state index contributed by atoms with van der Waals surface area (Å²) >= 11 is 0. The molecule has 1 rings (SSSR count). The van der Waals surface area contributed by atoms with E-state index in [0.29, 0.717) is 18.5 Å². The molecule has 6 nitrogen and oxygen atoms in total. The summed E-state index contributed by atoms with van der Waals surface area (Å²) in [5.74, 6) is -0.899. The standard InChI is InChI=1S/C9H12N2O4/c1-6-5-11(4-2-3-7(12)13)9(15)10-8(6)14/h5H,2-4H2,1H3,(H,12,13)(H,10,14,15). The first-order valence-electron chi connectivity index (χ1n) is 4.53. The van der Waals surface area contributed by atoms with Gasteiger partial charge < -0.3 is 9.67 Å². The van der Waals surface area contributed by atoms with Gasteiger partial charge in [-0.3, -0.25) is 14.6 Å². The molecule has 0 amide bonds. The second kappa shape index (κ2) is 4.59. The number of nitrogens with one attached hydrogen (secondary N) is 1. The molecule has 0 unspecified atom stereocenters. The van der Waals surface area contributed by atoms with Crippen LogP contribution in [-0.2, 0) is 11.3 Å². The van der Waals surface area contributed by atoms with E-state index in [9.17, 15) is 14.4 Å². The van der Waals surface area contributed by atoms with E-state index in [0.717, 1.165) is 0 Å². The lowest BCUT2D eigenvalue weighted by Gasteiger charge is -2.03. The smallest absolute Gasteiger partial charge is 0.328 e. The molecule has 0 aromatic carbocycles.